The number of hydrogen-bond acceptors (Lipinski definition) is 8. The van der Waals surface area contributed by atoms with E-state index in [1.165, 1.54) is 19.5 Å². The van der Waals surface area contributed by atoms with Crippen molar-refractivity contribution >= 4 is 55.9 Å². The number of aromatic nitrogens is 2. The molecule has 188 valence electrons. The van der Waals surface area contributed by atoms with Gasteiger partial charge in [0.1, 0.15) is 17.9 Å². The van der Waals surface area contributed by atoms with Gasteiger partial charge in [0, 0.05) is 40.3 Å². The number of nitrogens with one attached hydrogen (secondary N) is 2. The maximum atomic E-state index is 12.7. The van der Waals surface area contributed by atoms with Gasteiger partial charge in [0.15, 0.2) is 0 Å². The van der Waals surface area contributed by atoms with Gasteiger partial charge in [-0.05, 0) is 44.0 Å². The summed E-state index contributed by atoms with van der Waals surface area (Å²) in [7, 11) is 1.54. The fourth-order valence-electron chi connectivity index (χ4n) is 3.78. The van der Waals surface area contributed by atoms with E-state index in [1.54, 1.807) is 25.1 Å². The Kier molecular flexibility index (Phi) is 8.50. The van der Waals surface area contributed by atoms with Crippen molar-refractivity contribution in [2.24, 2.45) is 0 Å². The van der Waals surface area contributed by atoms with Gasteiger partial charge in [-0.2, -0.15) is 0 Å². The van der Waals surface area contributed by atoms with E-state index in [2.05, 4.69) is 36.5 Å². The fraction of sp³-hybridized carbons (Fsp3) is 0.308. The van der Waals surface area contributed by atoms with E-state index in [0.29, 0.717) is 42.0 Å². The molecule has 0 unspecified atom stereocenters. The van der Waals surface area contributed by atoms with Crippen LogP contribution in [0.5, 0.6) is 5.75 Å². The number of ether oxygens (including phenoxy) is 2. The lowest BCUT2D eigenvalue weighted by Crippen LogP contribution is -2.33. The molecular formula is C26H28BrN5O4. The largest absolute Gasteiger partial charge is 0.494 e. The molecule has 36 heavy (non-hydrogen) atoms. The van der Waals surface area contributed by atoms with Gasteiger partial charge in [0.2, 0.25) is 5.91 Å². The first-order valence-electron chi connectivity index (χ1n) is 11.7. The van der Waals surface area contributed by atoms with Crippen LogP contribution in [-0.4, -0.2) is 59.6 Å². The Hall–Kier alpha value is -3.50. The Morgan fingerprint density at radius 3 is 2.78 bits per heavy atom. The first kappa shape index (κ1) is 25.6. The van der Waals surface area contributed by atoms with Crippen LogP contribution in [0.1, 0.15) is 19.8 Å². The summed E-state index contributed by atoms with van der Waals surface area (Å²) in [6, 6.07) is 11.7. The molecule has 2 aromatic carbocycles. The molecule has 0 spiro atoms. The van der Waals surface area contributed by atoms with Crippen LogP contribution in [-0.2, 0) is 14.3 Å². The molecule has 1 aliphatic rings. The summed E-state index contributed by atoms with van der Waals surface area (Å²) in [6.07, 6.45) is 6.79. The van der Waals surface area contributed by atoms with E-state index in [9.17, 15) is 9.59 Å². The molecule has 0 bridgehead atoms. The zero-order chi connectivity index (χ0) is 25.5. The van der Waals surface area contributed by atoms with Crippen LogP contribution in [0.4, 0.5) is 17.2 Å². The molecule has 0 aliphatic heterocycles. The highest BCUT2D eigenvalue weighted by atomic mass is 79.9. The Morgan fingerprint density at radius 1 is 1.22 bits per heavy atom. The van der Waals surface area contributed by atoms with E-state index in [0.717, 1.165) is 28.4 Å². The third-order valence-corrected chi connectivity index (χ3v) is 6.10. The van der Waals surface area contributed by atoms with Crippen molar-refractivity contribution in [3.05, 3.63) is 59.4 Å². The van der Waals surface area contributed by atoms with Crippen LogP contribution in [0.15, 0.2) is 59.4 Å². The highest BCUT2D eigenvalue weighted by Crippen LogP contribution is 2.33. The third kappa shape index (κ3) is 6.79. The molecule has 2 N–H and O–H groups in total. The second-order valence-corrected chi connectivity index (χ2v) is 9.20. The van der Waals surface area contributed by atoms with Gasteiger partial charge in [0.05, 0.1) is 31.5 Å². The van der Waals surface area contributed by atoms with Gasteiger partial charge in [0.25, 0.3) is 0 Å². The van der Waals surface area contributed by atoms with Gasteiger partial charge in [-0.15, -0.1) is 0 Å². The molecule has 0 saturated heterocycles. The lowest BCUT2D eigenvalue weighted by Gasteiger charge is -2.18. The van der Waals surface area contributed by atoms with Gasteiger partial charge < -0.3 is 20.1 Å². The number of benzene rings is 2. The van der Waals surface area contributed by atoms with Crippen LogP contribution in [0.2, 0.25) is 0 Å². The number of amides is 1. The number of rotatable bonds is 11. The van der Waals surface area contributed by atoms with Gasteiger partial charge >= 0.3 is 5.97 Å². The number of carbonyl (C=O) groups is 2. The van der Waals surface area contributed by atoms with Gasteiger partial charge in [-0.25, -0.2) is 9.97 Å². The fourth-order valence-corrected chi connectivity index (χ4v) is 4.18. The molecule has 1 fully saturated rings. The van der Waals surface area contributed by atoms with Crippen molar-refractivity contribution in [1.82, 2.24) is 14.9 Å². The van der Waals surface area contributed by atoms with E-state index >= 15 is 0 Å². The van der Waals surface area contributed by atoms with Crippen molar-refractivity contribution in [1.29, 1.82) is 0 Å². The summed E-state index contributed by atoms with van der Waals surface area (Å²) in [5.41, 5.74) is 2.03. The lowest BCUT2D eigenvalue weighted by molar-refractivity contribution is -0.144. The average Bonchev–Trinajstić information content (AvgIpc) is 3.69. The first-order valence-corrected chi connectivity index (χ1v) is 12.5. The molecule has 3 aromatic rings. The third-order valence-electron chi connectivity index (χ3n) is 5.61. The van der Waals surface area contributed by atoms with Crippen molar-refractivity contribution in [2.45, 2.75) is 25.8 Å². The molecule has 4 rings (SSSR count). The summed E-state index contributed by atoms with van der Waals surface area (Å²) in [5, 5.41) is 6.91. The first-order chi connectivity index (χ1) is 17.5. The smallest absolute Gasteiger partial charge is 0.320 e. The molecule has 10 heteroatoms. The number of hydrogen-bond donors (Lipinski definition) is 2. The Balaban J connectivity index is 1.49. The van der Waals surface area contributed by atoms with E-state index < -0.39 is 0 Å². The summed E-state index contributed by atoms with van der Waals surface area (Å²) in [5.74, 6) is 0.527. The number of anilines is 3. The SMILES string of the molecule is CCOC(=O)CN(C/C=C/C(=O)Nc1cc2c(Nc3cccc(Br)c3)ncnc2cc1OC)C1CC1. The van der Waals surface area contributed by atoms with Crippen molar-refractivity contribution < 1.29 is 19.1 Å². The summed E-state index contributed by atoms with van der Waals surface area (Å²) < 4.78 is 11.5. The standard InChI is InChI=1S/C26H28BrN5O4/c1-3-36-25(34)15-32(19-9-10-19)11-5-8-24(33)31-22-13-20-21(14-23(22)35-2)28-16-29-26(20)30-18-7-4-6-17(27)12-18/h4-8,12-14,16,19H,3,9-11,15H2,1-2H3,(H,31,33)(H,28,29,30)/b8-5+. The van der Waals surface area contributed by atoms with Crippen molar-refractivity contribution in [3.8, 4) is 5.75 Å². The maximum Gasteiger partial charge on any atom is 0.320 e. The Bertz CT molecular complexity index is 1280. The summed E-state index contributed by atoms with van der Waals surface area (Å²) >= 11 is 3.47. The summed E-state index contributed by atoms with van der Waals surface area (Å²) in [6.45, 7) is 2.85. The van der Waals surface area contributed by atoms with Crippen LogP contribution < -0.4 is 15.4 Å². The number of halogens is 1. The number of nitrogens with zero attached hydrogens (tertiary/aromatic N) is 3. The molecule has 9 nitrogen and oxygen atoms in total. The molecule has 1 saturated carbocycles. The molecule has 1 heterocycles. The minimum absolute atomic E-state index is 0.219. The highest BCUT2D eigenvalue weighted by molar-refractivity contribution is 9.10. The zero-order valence-corrected chi connectivity index (χ0v) is 21.7. The minimum Gasteiger partial charge on any atom is -0.494 e. The second-order valence-electron chi connectivity index (χ2n) is 8.28. The van der Waals surface area contributed by atoms with E-state index in [4.69, 9.17) is 9.47 Å². The summed E-state index contributed by atoms with van der Waals surface area (Å²) in [4.78, 5) is 35.3. The number of methoxy groups -OCH3 is 1. The Morgan fingerprint density at radius 2 is 2.06 bits per heavy atom. The quantitative estimate of drug-likeness (QED) is 0.260. The number of fused-ring (bicyclic) bond motifs is 1. The van der Waals surface area contributed by atoms with E-state index in [-0.39, 0.29) is 18.4 Å². The Labute approximate surface area is 218 Å². The van der Waals surface area contributed by atoms with Crippen molar-refractivity contribution in [3.63, 3.8) is 0 Å². The second kappa shape index (κ2) is 12.0. The topological polar surface area (TPSA) is 106 Å². The molecule has 0 atom stereocenters. The molecule has 1 amide bonds. The number of carbonyl (C=O) groups excluding carboxylic acids is 2. The van der Waals surface area contributed by atoms with Crippen LogP contribution in [0.3, 0.4) is 0 Å². The van der Waals surface area contributed by atoms with Crippen LogP contribution in [0, 0.1) is 0 Å². The van der Waals surface area contributed by atoms with Crippen molar-refractivity contribution in [2.75, 3.05) is 37.4 Å². The zero-order valence-electron chi connectivity index (χ0n) is 20.2. The normalized spacial score (nSPS) is 13.2. The van der Waals surface area contributed by atoms with Crippen LogP contribution in [0.25, 0.3) is 10.9 Å². The predicted molar refractivity (Wildman–Crippen MR) is 143 cm³/mol. The maximum absolute atomic E-state index is 12.7. The highest BCUT2D eigenvalue weighted by Gasteiger charge is 2.29. The lowest BCUT2D eigenvalue weighted by atomic mass is 10.2. The predicted octanol–water partition coefficient (Wildman–Crippen LogP) is 4.67. The van der Waals surface area contributed by atoms with Crippen LogP contribution >= 0.6 is 15.9 Å². The van der Waals surface area contributed by atoms with E-state index in [1.807, 2.05) is 29.2 Å². The molecular weight excluding hydrogens is 526 g/mol. The average molecular weight is 554 g/mol. The molecule has 1 aromatic heterocycles. The monoisotopic (exact) mass is 553 g/mol. The molecule has 1 aliphatic carbocycles. The number of esters is 1. The van der Waals surface area contributed by atoms with Gasteiger partial charge in [-0.3, -0.25) is 14.5 Å². The minimum atomic E-state index is -0.308. The molecule has 0 radical (unpaired) electrons. The van der Waals surface area contributed by atoms with Gasteiger partial charge in [-0.1, -0.05) is 28.1 Å².